The van der Waals surface area contributed by atoms with Gasteiger partial charge in [-0.3, -0.25) is 0 Å². The molecule has 2 atom stereocenters. The van der Waals surface area contributed by atoms with Gasteiger partial charge in [0.15, 0.2) is 0 Å². The molecule has 104 valence electrons. The molecular weight excluding hydrogens is 236 g/mol. The Morgan fingerprint density at radius 3 is 3.16 bits per heavy atom. The van der Waals surface area contributed by atoms with E-state index in [4.69, 9.17) is 4.74 Å². The highest BCUT2D eigenvalue weighted by Gasteiger charge is 2.24. The molecule has 3 rings (SSSR count). The van der Waals surface area contributed by atoms with Gasteiger partial charge in [-0.2, -0.15) is 0 Å². The first kappa shape index (κ1) is 12.9. The van der Waals surface area contributed by atoms with Crippen LogP contribution in [0, 0.1) is 0 Å². The van der Waals surface area contributed by atoms with Crippen LogP contribution in [0.4, 0.5) is 5.69 Å². The lowest BCUT2D eigenvalue weighted by atomic mass is 9.97. The third-order valence-corrected chi connectivity index (χ3v) is 4.53. The number of hydrogen-bond acceptors (Lipinski definition) is 3. The number of rotatable bonds is 4. The molecule has 0 amide bonds. The van der Waals surface area contributed by atoms with Gasteiger partial charge in [0.25, 0.3) is 0 Å². The summed E-state index contributed by atoms with van der Waals surface area (Å²) in [5.41, 5.74) is 2.84. The van der Waals surface area contributed by atoms with Crippen molar-refractivity contribution in [3.63, 3.8) is 0 Å². The van der Waals surface area contributed by atoms with Gasteiger partial charge in [0.05, 0.1) is 6.10 Å². The van der Waals surface area contributed by atoms with E-state index < -0.39 is 0 Å². The smallest absolute Gasteiger partial charge is 0.0698 e. The van der Waals surface area contributed by atoms with Gasteiger partial charge in [-0.25, -0.2) is 0 Å². The van der Waals surface area contributed by atoms with Gasteiger partial charge in [-0.15, -0.1) is 0 Å². The first-order valence-corrected chi connectivity index (χ1v) is 7.45. The van der Waals surface area contributed by atoms with Crippen molar-refractivity contribution in [2.45, 2.75) is 31.3 Å². The van der Waals surface area contributed by atoms with E-state index in [1.54, 1.807) is 0 Å². The van der Waals surface area contributed by atoms with E-state index in [1.807, 2.05) is 7.11 Å². The summed E-state index contributed by atoms with van der Waals surface area (Å²) in [7, 11) is 1.84. The summed E-state index contributed by atoms with van der Waals surface area (Å²) in [6, 6.07) is 8.73. The van der Waals surface area contributed by atoms with Crippen LogP contribution >= 0.6 is 0 Å². The normalized spacial score (nSPS) is 27.0. The maximum atomic E-state index is 5.50. The summed E-state index contributed by atoms with van der Waals surface area (Å²) in [5, 5.41) is 3.51. The predicted octanol–water partition coefficient (Wildman–Crippen LogP) is 2.70. The number of para-hydroxylation sites is 1. The summed E-state index contributed by atoms with van der Waals surface area (Å²) in [4.78, 5) is 2.57. The van der Waals surface area contributed by atoms with Crippen molar-refractivity contribution < 1.29 is 4.74 Å². The van der Waals surface area contributed by atoms with Crippen LogP contribution in [-0.4, -0.2) is 44.3 Å². The number of hydrogen-bond donors (Lipinski definition) is 1. The monoisotopic (exact) mass is 260 g/mol. The van der Waals surface area contributed by atoms with Crippen LogP contribution in [0.2, 0.25) is 0 Å². The first-order valence-electron chi connectivity index (χ1n) is 7.45. The molecule has 19 heavy (non-hydrogen) atoms. The zero-order valence-electron chi connectivity index (χ0n) is 11.8. The number of nitrogens with one attached hydrogen (secondary N) is 1. The van der Waals surface area contributed by atoms with Crippen LogP contribution in [0.25, 0.3) is 0 Å². The van der Waals surface area contributed by atoms with Crippen LogP contribution in [-0.2, 0) is 4.74 Å². The second-order valence-electron chi connectivity index (χ2n) is 5.75. The number of likely N-dealkylation sites (tertiary alicyclic amines) is 1. The maximum absolute atomic E-state index is 5.50. The molecule has 1 fully saturated rings. The number of ether oxygens (including phenoxy) is 1. The number of piperidine rings is 1. The van der Waals surface area contributed by atoms with Gasteiger partial charge in [0.2, 0.25) is 0 Å². The molecule has 0 aromatic heterocycles. The van der Waals surface area contributed by atoms with Gasteiger partial charge < -0.3 is 15.0 Å². The zero-order chi connectivity index (χ0) is 13.1. The van der Waals surface area contributed by atoms with Crippen LogP contribution < -0.4 is 5.32 Å². The molecule has 2 aliphatic rings. The number of nitrogens with zero attached hydrogens (tertiary/aromatic N) is 1. The third kappa shape index (κ3) is 2.93. The minimum Gasteiger partial charge on any atom is -0.384 e. The summed E-state index contributed by atoms with van der Waals surface area (Å²) in [6.45, 7) is 4.64. The average molecular weight is 260 g/mol. The lowest BCUT2D eigenvalue weighted by Crippen LogP contribution is -2.40. The molecule has 0 spiro atoms. The Bertz CT molecular complexity index is 421. The second kappa shape index (κ2) is 5.93. The number of fused-ring (bicyclic) bond motifs is 1. The van der Waals surface area contributed by atoms with Gasteiger partial charge in [-0.05, 0) is 44.0 Å². The Balaban J connectivity index is 1.53. The Kier molecular flexibility index (Phi) is 4.04. The molecule has 0 bridgehead atoms. The molecule has 0 aliphatic carbocycles. The molecule has 1 aromatic carbocycles. The van der Waals surface area contributed by atoms with Crippen molar-refractivity contribution >= 4 is 5.69 Å². The van der Waals surface area contributed by atoms with Gasteiger partial charge in [0, 0.05) is 31.8 Å². The van der Waals surface area contributed by atoms with Crippen molar-refractivity contribution in [3.8, 4) is 0 Å². The fourth-order valence-electron chi connectivity index (χ4n) is 3.36. The van der Waals surface area contributed by atoms with E-state index in [0.29, 0.717) is 12.0 Å². The van der Waals surface area contributed by atoms with Crippen molar-refractivity contribution in [3.05, 3.63) is 29.8 Å². The molecule has 1 N–H and O–H groups in total. The molecule has 0 radical (unpaired) electrons. The van der Waals surface area contributed by atoms with E-state index >= 15 is 0 Å². The highest BCUT2D eigenvalue weighted by atomic mass is 16.5. The van der Waals surface area contributed by atoms with Crippen molar-refractivity contribution in [2.24, 2.45) is 0 Å². The van der Waals surface area contributed by atoms with Gasteiger partial charge in [-0.1, -0.05) is 18.2 Å². The van der Waals surface area contributed by atoms with Crippen LogP contribution in [0.3, 0.4) is 0 Å². The van der Waals surface area contributed by atoms with Crippen LogP contribution in [0.1, 0.15) is 30.7 Å². The molecule has 2 unspecified atom stereocenters. The van der Waals surface area contributed by atoms with Gasteiger partial charge in [0.1, 0.15) is 0 Å². The molecule has 3 heteroatoms. The molecular formula is C16H24N2O. The average Bonchev–Trinajstić information content (AvgIpc) is 2.89. The molecule has 0 saturated carbocycles. The minimum absolute atomic E-state index is 0.447. The number of methoxy groups -OCH3 is 1. The van der Waals surface area contributed by atoms with E-state index in [0.717, 1.165) is 13.1 Å². The third-order valence-electron chi connectivity index (χ3n) is 4.53. The predicted molar refractivity (Wildman–Crippen MR) is 78.8 cm³/mol. The second-order valence-corrected chi connectivity index (χ2v) is 5.75. The standard InChI is InChI=1S/C16H24N2O/c1-19-14-5-4-9-18(12-14)10-8-13-11-17-16-7-3-2-6-15(13)16/h2-3,6-7,13-14,17H,4-5,8-12H2,1H3. The largest absolute Gasteiger partial charge is 0.384 e. The van der Waals surface area contributed by atoms with E-state index in [2.05, 4.69) is 34.5 Å². The molecule has 1 aromatic rings. The molecule has 3 nitrogen and oxygen atoms in total. The lowest BCUT2D eigenvalue weighted by Gasteiger charge is -2.32. The van der Waals surface area contributed by atoms with Crippen molar-refractivity contribution in [2.75, 3.05) is 38.6 Å². The van der Waals surface area contributed by atoms with Crippen molar-refractivity contribution in [1.82, 2.24) is 4.90 Å². The highest BCUT2D eigenvalue weighted by Crippen LogP contribution is 2.33. The Hall–Kier alpha value is -1.06. The fourth-order valence-corrected chi connectivity index (χ4v) is 3.36. The summed E-state index contributed by atoms with van der Waals surface area (Å²) in [5.74, 6) is 0.680. The van der Waals surface area contributed by atoms with Gasteiger partial charge >= 0.3 is 0 Å². The fraction of sp³-hybridized carbons (Fsp3) is 0.625. The Morgan fingerprint density at radius 1 is 1.37 bits per heavy atom. The highest BCUT2D eigenvalue weighted by molar-refractivity contribution is 5.57. The van der Waals surface area contributed by atoms with E-state index in [9.17, 15) is 0 Å². The Labute approximate surface area is 115 Å². The Morgan fingerprint density at radius 2 is 2.26 bits per heavy atom. The molecule has 1 saturated heterocycles. The topological polar surface area (TPSA) is 24.5 Å². The van der Waals surface area contributed by atoms with Crippen LogP contribution in [0.15, 0.2) is 24.3 Å². The lowest BCUT2D eigenvalue weighted by molar-refractivity contribution is 0.0306. The molecule has 2 heterocycles. The molecule has 2 aliphatic heterocycles. The minimum atomic E-state index is 0.447. The number of anilines is 1. The summed E-state index contributed by atoms with van der Waals surface area (Å²) >= 11 is 0. The van der Waals surface area contributed by atoms with E-state index in [1.165, 1.54) is 43.6 Å². The zero-order valence-corrected chi connectivity index (χ0v) is 11.8. The maximum Gasteiger partial charge on any atom is 0.0698 e. The summed E-state index contributed by atoms with van der Waals surface area (Å²) < 4.78 is 5.50. The first-order chi connectivity index (χ1) is 9.36. The van der Waals surface area contributed by atoms with Crippen LogP contribution in [0.5, 0.6) is 0 Å². The number of benzene rings is 1. The quantitative estimate of drug-likeness (QED) is 0.901. The SMILES string of the molecule is COC1CCCN(CCC2CNc3ccccc32)C1. The van der Waals surface area contributed by atoms with E-state index in [-0.39, 0.29) is 0 Å². The van der Waals surface area contributed by atoms with Crippen molar-refractivity contribution in [1.29, 1.82) is 0 Å². The summed E-state index contributed by atoms with van der Waals surface area (Å²) in [6.07, 6.45) is 4.20.